The van der Waals surface area contributed by atoms with Crippen molar-refractivity contribution in [3.63, 3.8) is 0 Å². The normalized spacial score (nSPS) is 10.7. The van der Waals surface area contributed by atoms with Crippen molar-refractivity contribution in [3.05, 3.63) is 59.0 Å². The van der Waals surface area contributed by atoms with Crippen LogP contribution in [-0.4, -0.2) is 29.2 Å². The molecule has 156 valence electrons. The molecule has 0 fully saturated rings. The first kappa shape index (κ1) is 20.8. The van der Waals surface area contributed by atoms with E-state index in [0.29, 0.717) is 33.3 Å². The van der Waals surface area contributed by atoms with Gasteiger partial charge in [-0.25, -0.2) is 4.98 Å². The van der Waals surface area contributed by atoms with E-state index in [1.54, 1.807) is 32.5 Å². The first-order valence-corrected chi connectivity index (χ1v) is 10.4. The molecule has 0 bridgehead atoms. The molecule has 9 heteroatoms. The number of aromatic amines is 1. The van der Waals surface area contributed by atoms with Crippen LogP contribution < -0.4 is 14.8 Å². The van der Waals surface area contributed by atoms with E-state index in [0.717, 1.165) is 26.8 Å². The molecule has 0 spiro atoms. The van der Waals surface area contributed by atoms with Crippen LogP contribution in [0.25, 0.3) is 10.9 Å². The van der Waals surface area contributed by atoms with Gasteiger partial charge in [-0.1, -0.05) is 23.4 Å². The van der Waals surface area contributed by atoms with Gasteiger partial charge in [-0.2, -0.15) is 5.26 Å². The van der Waals surface area contributed by atoms with Crippen LogP contribution in [0.3, 0.4) is 0 Å². The number of aryl methyl sites for hydroxylation is 1. The minimum Gasteiger partial charge on any atom is -0.493 e. The van der Waals surface area contributed by atoms with Gasteiger partial charge in [0.25, 0.3) is 0 Å². The van der Waals surface area contributed by atoms with E-state index in [1.807, 2.05) is 25.1 Å². The molecule has 7 nitrogen and oxygen atoms in total. The van der Waals surface area contributed by atoms with E-state index < -0.39 is 0 Å². The Kier molecular flexibility index (Phi) is 5.89. The van der Waals surface area contributed by atoms with Crippen LogP contribution in [-0.2, 0) is 0 Å². The number of imidazole rings is 1. The van der Waals surface area contributed by atoms with Crippen molar-refractivity contribution in [1.29, 1.82) is 5.26 Å². The maximum atomic E-state index is 9.62. The van der Waals surface area contributed by atoms with E-state index in [-0.39, 0.29) is 0 Å². The molecule has 31 heavy (non-hydrogen) atoms. The van der Waals surface area contributed by atoms with E-state index in [1.165, 1.54) is 18.0 Å². The SMILES string of the molecule is COc1cc2ncc(C#N)c(Nc3ccc(Sc4ncc(C)[nH]4)c(Cl)c3)c2cc1OC. The molecular weight excluding hydrogens is 434 g/mol. The fourth-order valence-corrected chi connectivity index (χ4v) is 4.20. The number of halogens is 1. The molecule has 2 aromatic heterocycles. The summed E-state index contributed by atoms with van der Waals surface area (Å²) < 4.78 is 10.8. The fourth-order valence-electron chi connectivity index (χ4n) is 3.09. The number of hydrogen-bond acceptors (Lipinski definition) is 7. The molecule has 4 aromatic rings. The Morgan fingerprint density at radius 1 is 1.10 bits per heavy atom. The van der Waals surface area contributed by atoms with Crippen LogP contribution in [0.5, 0.6) is 11.5 Å². The number of methoxy groups -OCH3 is 2. The van der Waals surface area contributed by atoms with E-state index in [2.05, 4.69) is 26.3 Å². The molecule has 0 saturated heterocycles. The molecule has 2 aromatic carbocycles. The van der Waals surface area contributed by atoms with Crippen molar-refractivity contribution >= 4 is 45.6 Å². The third-order valence-electron chi connectivity index (χ3n) is 4.58. The first-order valence-electron chi connectivity index (χ1n) is 9.23. The predicted octanol–water partition coefficient (Wildman–Crippen LogP) is 5.70. The van der Waals surface area contributed by atoms with Crippen molar-refractivity contribution in [3.8, 4) is 17.6 Å². The van der Waals surface area contributed by atoms with E-state index in [4.69, 9.17) is 21.1 Å². The molecular formula is C22H18ClN5O2S. The van der Waals surface area contributed by atoms with Gasteiger partial charge in [0.05, 0.1) is 36.0 Å². The number of benzene rings is 2. The third-order valence-corrected chi connectivity index (χ3v) is 5.98. The Balaban J connectivity index is 1.72. The zero-order valence-corrected chi connectivity index (χ0v) is 18.6. The topological polar surface area (TPSA) is 95.9 Å². The number of H-pyrrole nitrogens is 1. The van der Waals surface area contributed by atoms with Crippen LogP contribution >= 0.6 is 23.4 Å². The molecule has 0 amide bonds. The smallest absolute Gasteiger partial charge is 0.170 e. The number of hydrogen-bond donors (Lipinski definition) is 2. The maximum absolute atomic E-state index is 9.62. The van der Waals surface area contributed by atoms with Gasteiger partial charge in [-0.05, 0) is 31.2 Å². The van der Waals surface area contributed by atoms with Crippen molar-refractivity contribution in [1.82, 2.24) is 15.0 Å². The van der Waals surface area contributed by atoms with E-state index in [9.17, 15) is 5.26 Å². The number of pyridine rings is 1. The molecule has 0 aliphatic carbocycles. The average molecular weight is 452 g/mol. The zero-order chi connectivity index (χ0) is 22.0. The van der Waals surface area contributed by atoms with Gasteiger partial charge in [0.15, 0.2) is 16.7 Å². The van der Waals surface area contributed by atoms with Gasteiger partial charge < -0.3 is 19.8 Å². The molecule has 2 heterocycles. The summed E-state index contributed by atoms with van der Waals surface area (Å²) in [5.74, 6) is 1.12. The number of aromatic nitrogens is 3. The summed E-state index contributed by atoms with van der Waals surface area (Å²) in [7, 11) is 3.13. The van der Waals surface area contributed by atoms with Gasteiger partial charge >= 0.3 is 0 Å². The summed E-state index contributed by atoms with van der Waals surface area (Å²) in [6, 6.07) is 11.4. The molecule has 0 unspecified atom stereocenters. The second-order valence-electron chi connectivity index (χ2n) is 6.63. The number of nitrogens with one attached hydrogen (secondary N) is 2. The highest BCUT2D eigenvalue weighted by Gasteiger charge is 2.15. The Hall–Kier alpha value is -3.41. The predicted molar refractivity (Wildman–Crippen MR) is 122 cm³/mol. The zero-order valence-electron chi connectivity index (χ0n) is 17.0. The molecule has 2 N–H and O–H groups in total. The highest BCUT2D eigenvalue weighted by Crippen LogP contribution is 2.38. The molecule has 0 aliphatic heterocycles. The Morgan fingerprint density at radius 3 is 2.52 bits per heavy atom. The number of anilines is 2. The highest BCUT2D eigenvalue weighted by molar-refractivity contribution is 7.99. The average Bonchev–Trinajstić information content (AvgIpc) is 3.19. The second kappa shape index (κ2) is 8.76. The van der Waals surface area contributed by atoms with Gasteiger partial charge in [-0.3, -0.25) is 4.98 Å². The first-order chi connectivity index (χ1) is 15.0. The number of ether oxygens (including phenoxy) is 2. The summed E-state index contributed by atoms with van der Waals surface area (Å²) in [6.07, 6.45) is 3.30. The quantitative estimate of drug-likeness (QED) is 0.388. The minimum atomic E-state index is 0.403. The number of nitrogens with zero attached hydrogens (tertiary/aromatic N) is 3. The second-order valence-corrected chi connectivity index (χ2v) is 8.06. The summed E-state index contributed by atoms with van der Waals surface area (Å²) in [5, 5.41) is 15.0. The van der Waals surface area contributed by atoms with Crippen molar-refractivity contribution in [2.45, 2.75) is 17.0 Å². The van der Waals surface area contributed by atoms with Crippen LogP contribution in [0.2, 0.25) is 5.02 Å². The van der Waals surface area contributed by atoms with Crippen molar-refractivity contribution < 1.29 is 9.47 Å². The summed E-state index contributed by atoms with van der Waals surface area (Å²) in [5.41, 5.74) is 3.42. The van der Waals surface area contributed by atoms with Gasteiger partial charge in [-0.15, -0.1) is 0 Å². The maximum Gasteiger partial charge on any atom is 0.170 e. The number of nitriles is 1. The monoisotopic (exact) mass is 451 g/mol. The van der Waals surface area contributed by atoms with Crippen LogP contribution in [0.4, 0.5) is 11.4 Å². The largest absolute Gasteiger partial charge is 0.493 e. The molecule has 4 rings (SSSR count). The summed E-state index contributed by atoms with van der Waals surface area (Å²) >= 11 is 7.97. The Morgan fingerprint density at radius 2 is 1.87 bits per heavy atom. The molecule has 0 radical (unpaired) electrons. The van der Waals surface area contributed by atoms with Gasteiger partial charge in [0.2, 0.25) is 0 Å². The Labute approximate surface area is 188 Å². The molecule has 0 saturated carbocycles. The lowest BCUT2D eigenvalue weighted by molar-refractivity contribution is 0.356. The molecule has 0 atom stereocenters. The van der Waals surface area contributed by atoms with Gasteiger partial charge in [0, 0.05) is 40.1 Å². The lowest BCUT2D eigenvalue weighted by Crippen LogP contribution is -1.98. The van der Waals surface area contributed by atoms with Crippen LogP contribution in [0.1, 0.15) is 11.3 Å². The minimum absolute atomic E-state index is 0.403. The van der Waals surface area contributed by atoms with E-state index >= 15 is 0 Å². The number of rotatable bonds is 6. The van der Waals surface area contributed by atoms with Gasteiger partial charge in [0.1, 0.15) is 6.07 Å². The highest BCUT2D eigenvalue weighted by atomic mass is 35.5. The molecule has 0 aliphatic rings. The van der Waals surface area contributed by atoms with Crippen LogP contribution in [0.15, 0.2) is 52.8 Å². The lowest BCUT2D eigenvalue weighted by Gasteiger charge is -2.15. The number of fused-ring (bicyclic) bond motifs is 1. The summed E-state index contributed by atoms with van der Waals surface area (Å²) in [4.78, 5) is 12.7. The Bertz CT molecular complexity index is 1320. The lowest BCUT2D eigenvalue weighted by atomic mass is 10.1. The third kappa shape index (κ3) is 4.24. The summed E-state index contributed by atoms with van der Waals surface area (Å²) in [6.45, 7) is 1.95. The van der Waals surface area contributed by atoms with Crippen molar-refractivity contribution in [2.75, 3.05) is 19.5 Å². The standard InChI is InChI=1S/C22H18ClN5O2S/c1-12-10-26-22(27-12)31-20-5-4-14(6-16(20)23)28-21-13(9-24)11-25-17-8-19(30-3)18(29-2)7-15(17)21/h4-8,10-11H,1-3H3,(H,25,28)(H,26,27). The fraction of sp³-hybridized carbons (Fsp3) is 0.136. The van der Waals surface area contributed by atoms with Crippen molar-refractivity contribution in [2.24, 2.45) is 0 Å². The van der Waals surface area contributed by atoms with Crippen LogP contribution in [0, 0.1) is 18.3 Å².